The van der Waals surface area contributed by atoms with Crippen LogP contribution in [0, 0.1) is 11.3 Å². The first kappa shape index (κ1) is 16.1. The highest BCUT2D eigenvalue weighted by molar-refractivity contribution is 5.94. The molecule has 0 aliphatic carbocycles. The Morgan fingerprint density at radius 2 is 2.12 bits per heavy atom. The van der Waals surface area contributed by atoms with Crippen LogP contribution < -0.4 is 10.1 Å². The molecule has 0 radical (unpaired) electrons. The summed E-state index contributed by atoms with van der Waals surface area (Å²) in [5.41, 5.74) is 1.74. The molecule has 1 aromatic heterocycles. The Balaban J connectivity index is 1.67. The minimum atomic E-state index is -0.727. The third-order valence-electron chi connectivity index (χ3n) is 3.37. The Labute approximate surface area is 143 Å². The summed E-state index contributed by atoms with van der Waals surface area (Å²) in [6.07, 6.45) is 0.743. The van der Waals surface area contributed by atoms with E-state index in [0.29, 0.717) is 17.0 Å². The minimum Gasteiger partial charge on any atom is -0.481 e. The van der Waals surface area contributed by atoms with Gasteiger partial charge >= 0.3 is 0 Å². The number of nitrogens with zero attached hydrogens (tertiary/aromatic N) is 5. The van der Waals surface area contributed by atoms with Crippen molar-refractivity contribution >= 4 is 11.6 Å². The molecule has 1 atom stereocenters. The van der Waals surface area contributed by atoms with E-state index in [-0.39, 0.29) is 5.91 Å². The Morgan fingerprint density at radius 1 is 1.28 bits per heavy atom. The van der Waals surface area contributed by atoms with E-state index in [0.717, 1.165) is 5.69 Å². The van der Waals surface area contributed by atoms with Crippen molar-refractivity contribution in [2.24, 2.45) is 0 Å². The quantitative estimate of drug-likeness (QED) is 0.764. The van der Waals surface area contributed by atoms with Crippen LogP contribution >= 0.6 is 0 Å². The number of tetrazole rings is 1. The summed E-state index contributed by atoms with van der Waals surface area (Å²) in [5, 5.41) is 22.6. The number of aromatic nitrogens is 4. The molecule has 1 unspecified atom stereocenters. The molecule has 0 aliphatic heterocycles. The number of ether oxygens (including phenoxy) is 1. The van der Waals surface area contributed by atoms with E-state index in [1.54, 1.807) is 49.4 Å². The first-order chi connectivity index (χ1) is 12.2. The van der Waals surface area contributed by atoms with Crippen molar-refractivity contribution in [3.63, 3.8) is 0 Å². The Hall–Kier alpha value is -3.73. The smallest absolute Gasteiger partial charge is 0.265 e. The maximum atomic E-state index is 12.3. The van der Waals surface area contributed by atoms with E-state index in [2.05, 4.69) is 20.8 Å². The summed E-state index contributed by atoms with van der Waals surface area (Å²) in [6, 6.07) is 15.8. The molecule has 1 heterocycles. The third-order valence-corrected chi connectivity index (χ3v) is 3.37. The molecule has 3 rings (SSSR count). The highest BCUT2D eigenvalue weighted by Crippen LogP contribution is 2.18. The van der Waals surface area contributed by atoms with Gasteiger partial charge in [-0.05, 0) is 47.7 Å². The van der Waals surface area contributed by atoms with E-state index < -0.39 is 6.10 Å². The number of hydrogen-bond acceptors (Lipinski definition) is 6. The summed E-state index contributed by atoms with van der Waals surface area (Å²) < 4.78 is 7.18. The van der Waals surface area contributed by atoms with Crippen LogP contribution in [-0.4, -0.2) is 32.2 Å². The van der Waals surface area contributed by atoms with Crippen molar-refractivity contribution in [1.82, 2.24) is 20.2 Å². The summed E-state index contributed by atoms with van der Waals surface area (Å²) in [5.74, 6) is 0.198. The van der Waals surface area contributed by atoms with Gasteiger partial charge in [0.15, 0.2) is 6.10 Å². The molecule has 1 amide bonds. The monoisotopic (exact) mass is 334 g/mol. The summed E-state index contributed by atoms with van der Waals surface area (Å²) in [7, 11) is 0. The van der Waals surface area contributed by atoms with Crippen molar-refractivity contribution in [2.45, 2.75) is 13.0 Å². The molecular formula is C17H14N6O2. The molecule has 124 valence electrons. The summed E-state index contributed by atoms with van der Waals surface area (Å²) in [4.78, 5) is 12.3. The van der Waals surface area contributed by atoms with Crippen molar-refractivity contribution in [3.8, 4) is 17.5 Å². The normalized spacial score (nSPS) is 11.4. The van der Waals surface area contributed by atoms with Gasteiger partial charge in [-0.25, -0.2) is 4.68 Å². The zero-order valence-corrected chi connectivity index (χ0v) is 13.3. The zero-order valence-electron chi connectivity index (χ0n) is 13.3. The number of carbonyl (C=O) groups is 1. The maximum Gasteiger partial charge on any atom is 0.265 e. The van der Waals surface area contributed by atoms with Crippen LogP contribution in [0.25, 0.3) is 5.69 Å². The van der Waals surface area contributed by atoms with Gasteiger partial charge in [-0.3, -0.25) is 4.79 Å². The van der Waals surface area contributed by atoms with E-state index in [1.807, 2.05) is 12.1 Å². The molecule has 2 aromatic carbocycles. The van der Waals surface area contributed by atoms with E-state index in [1.165, 1.54) is 11.0 Å². The molecular weight excluding hydrogens is 320 g/mol. The maximum absolute atomic E-state index is 12.3. The molecule has 8 nitrogen and oxygen atoms in total. The molecule has 0 aliphatic rings. The average Bonchev–Trinajstić information content (AvgIpc) is 3.17. The van der Waals surface area contributed by atoms with Crippen LogP contribution in [0.15, 0.2) is 54.9 Å². The average molecular weight is 334 g/mol. The minimum absolute atomic E-state index is 0.317. The Bertz CT molecular complexity index is 917. The second-order valence-corrected chi connectivity index (χ2v) is 5.19. The summed E-state index contributed by atoms with van der Waals surface area (Å²) >= 11 is 0. The molecule has 8 heteroatoms. The number of anilines is 1. The number of nitriles is 1. The van der Waals surface area contributed by atoms with Crippen molar-refractivity contribution < 1.29 is 9.53 Å². The van der Waals surface area contributed by atoms with E-state index in [9.17, 15) is 4.79 Å². The van der Waals surface area contributed by atoms with Crippen LogP contribution in [0.2, 0.25) is 0 Å². The van der Waals surface area contributed by atoms with E-state index in [4.69, 9.17) is 10.00 Å². The third kappa shape index (κ3) is 3.97. The first-order valence-electron chi connectivity index (χ1n) is 7.47. The van der Waals surface area contributed by atoms with Gasteiger partial charge in [-0.2, -0.15) is 5.26 Å². The largest absolute Gasteiger partial charge is 0.481 e. The molecule has 1 N–H and O–H groups in total. The molecule has 0 saturated heterocycles. The van der Waals surface area contributed by atoms with Crippen LogP contribution in [0.5, 0.6) is 5.75 Å². The van der Waals surface area contributed by atoms with Crippen molar-refractivity contribution in [2.75, 3.05) is 5.32 Å². The molecule has 0 spiro atoms. The number of benzene rings is 2. The fourth-order valence-electron chi connectivity index (χ4n) is 2.15. The number of carbonyl (C=O) groups excluding carboxylic acids is 1. The van der Waals surface area contributed by atoms with Crippen LogP contribution in [0.1, 0.15) is 12.5 Å². The van der Waals surface area contributed by atoms with Crippen LogP contribution in [-0.2, 0) is 4.79 Å². The zero-order chi connectivity index (χ0) is 17.6. The van der Waals surface area contributed by atoms with Gasteiger partial charge in [0.2, 0.25) is 0 Å². The van der Waals surface area contributed by atoms with Crippen molar-refractivity contribution in [1.29, 1.82) is 5.26 Å². The lowest BCUT2D eigenvalue weighted by Gasteiger charge is -2.15. The predicted molar refractivity (Wildman–Crippen MR) is 89.0 cm³/mol. The molecule has 0 saturated carbocycles. The SMILES string of the molecule is CC(Oc1cccc(-n2cnnn2)c1)C(=O)Nc1cccc(C#N)c1. The predicted octanol–water partition coefficient (Wildman–Crippen LogP) is 1.94. The fourth-order valence-corrected chi connectivity index (χ4v) is 2.15. The van der Waals surface area contributed by atoms with E-state index >= 15 is 0 Å². The van der Waals surface area contributed by atoms with Gasteiger partial charge in [0, 0.05) is 11.8 Å². The molecule has 0 fully saturated rings. The second-order valence-electron chi connectivity index (χ2n) is 5.19. The lowest BCUT2D eigenvalue weighted by atomic mass is 10.2. The second kappa shape index (κ2) is 7.23. The number of nitrogens with one attached hydrogen (secondary N) is 1. The standard InChI is InChI=1S/C17H14N6O2/c1-12(17(24)20-14-5-2-4-13(8-14)10-18)25-16-7-3-6-15(9-16)23-11-19-21-22-23/h2-9,11-12H,1H3,(H,20,24). The van der Waals surface area contributed by atoms with Gasteiger partial charge in [0.25, 0.3) is 5.91 Å². The lowest BCUT2D eigenvalue weighted by Crippen LogP contribution is -2.30. The molecule has 3 aromatic rings. The van der Waals surface area contributed by atoms with Gasteiger partial charge < -0.3 is 10.1 Å². The number of amides is 1. The Morgan fingerprint density at radius 3 is 2.88 bits per heavy atom. The van der Waals surface area contributed by atoms with Gasteiger partial charge in [0.05, 0.1) is 17.3 Å². The number of hydrogen-bond donors (Lipinski definition) is 1. The van der Waals surface area contributed by atoms with Crippen LogP contribution in [0.4, 0.5) is 5.69 Å². The topological polar surface area (TPSA) is 106 Å². The van der Waals surface area contributed by atoms with Gasteiger partial charge in [0.1, 0.15) is 12.1 Å². The van der Waals surface area contributed by atoms with Crippen LogP contribution in [0.3, 0.4) is 0 Å². The van der Waals surface area contributed by atoms with Gasteiger partial charge in [-0.1, -0.05) is 12.1 Å². The Kier molecular flexibility index (Phi) is 4.67. The fraction of sp³-hybridized carbons (Fsp3) is 0.118. The first-order valence-corrected chi connectivity index (χ1v) is 7.47. The highest BCUT2D eigenvalue weighted by Gasteiger charge is 2.15. The lowest BCUT2D eigenvalue weighted by molar-refractivity contribution is -0.122. The number of rotatable bonds is 5. The molecule has 25 heavy (non-hydrogen) atoms. The van der Waals surface area contributed by atoms with Gasteiger partial charge in [-0.15, -0.1) is 5.10 Å². The van der Waals surface area contributed by atoms with Crippen molar-refractivity contribution in [3.05, 3.63) is 60.4 Å². The molecule has 0 bridgehead atoms. The summed E-state index contributed by atoms with van der Waals surface area (Å²) in [6.45, 7) is 1.65. The highest BCUT2D eigenvalue weighted by atomic mass is 16.5.